The van der Waals surface area contributed by atoms with Crippen LogP contribution in [0.2, 0.25) is 0 Å². The van der Waals surface area contributed by atoms with Crippen molar-refractivity contribution in [3.05, 3.63) is 25.7 Å². The maximum absolute atomic E-state index is 11.6. The van der Waals surface area contributed by atoms with Gasteiger partial charge in [-0.2, -0.15) is 0 Å². The minimum atomic E-state index is -0.689. The third-order valence-electron chi connectivity index (χ3n) is 3.32. The summed E-state index contributed by atoms with van der Waals surface area (Å²) in [6, 6.07) is 0. The lowest BCUT2D eigenvalue weighted by Gasteiger charge is -2.08. The highest BCUT2D eigenvalue weighted by Gasteiger charge is 2.12. The molecule has 0 heterocycles. The molecule has 0 bridgehead atoms. The quantitative estimate of drug-likeness (QED) is 0.107. The Morgan fingerprint density at radius 1 is 0.706 bits per heavy atom. The second-order valence-electron chi connectivity index (χ2n) is 6.17. The average molecular weight is 491 g/mol. The molecule has 12 heteroatoms. The van der Waals surface area contributed by atoms with Gasteiger partial charge in [0.15, 0.2) is 0 Å². The van der Waals surface area contributed by atoms with Crippen LogP contribution in [0.1, 0.15) is 26.2 Å². The maximum atomic E-state index is 11.6. The van der Waals surface area contributed by atoms with Crippen LogP contribution in [0.15, 0.2) is 25.7 Å². The van der Waals surface area contributed by atoms with E-state index >= 15 is 0 Å². The van der Waals surface area contributed by atoms with Crippen molar-refractivity contribution in [2.24, 2.45) is 0 Å². The number of hydrogen-bond acceptors (Lipinski definition) is 10. The Morgan fingerprint density at radius 3 is 1.62 bits per heavy atom. The molecule has 0 atom stereocenters. The highest BCUT2D eigenvalue weighted by Crippen LogP contribution is 1.89. The van der Waals surface area contributed by atoms with Gasteiger partial charge in [0.2, 0.25) is 11.8 Å². The molecule has 0 saturated heterocycles. The van der Waals surface area contributed by atoms with E-state index in [1.807, 2.05) is 0 Å². The SMILES string of the molecule is C=COCCC.C=COCCOCCOC(=O)CC(=O)NCCNC(=O)CC(=O)OCCOC. The number of carbonyl (C=O) groups is 4. The normalized spacial score (nSPS) is 9.47. The lowest BCUT2D eigenvalue weighted by molar-refractivity contribution is -0.149. The van der Waals surface area contributed by atoms with Gasteiger partial charge in [0, 0.05) is 20.2 Å². The molecule has 0 aromatic carbocycles. The summed E-state index contributed by atoms with van der Waals surface area (Å²) in [6.45, 7) is 11.0. The molecule has 0 saturated carbocycles. The Balaban J connectivity index is 0. The van der Waals surface area contributed by atoms with E-state index in [1.54, 1.807) is 0 Å². The van der Waals surface area contributed by atoms with E-state index in [4.69, 9.17) is 28.4 Å². The minimum absolute atomic E-state index is 0.0245. The van der Waals surface area contributed by atoms with E-state index in [9.17, 15) is 19.2 Å². The summed E-state index contributed by atoms with van der Waals surface area (Å²) in [5.74, 6) is -2.43. The molecular weight excluding hydrogens is 452 g/mol. The van der Waals surface area contributed by atoms with Crippen LogP contribution in [-0.2, 0) is 47.6 Å². The predicted octanol–water partition coefficient (Wildman–Crippen LogP) is 0.465. The summed E-state index contributed by atoms with van der Waals surface area (Å²) in [6.07, 6.45) is 2.95. The molecule has 0 aromatic rings. The number of carbonyl (C=O) groups excluding carboxylic acids is 4. The van der Waals surface area contributed by atoms with Gasteiger partial charge in [0.1, 0.15) is 32.7 Å². The van der Waals surface area contributed by atoms with E-state index in [1.165, 1.54) is 19.6 Å². The molecule has 0 rings (SSSR count). The molecule has 0 aliphatic carbocycles. The molecule has 0 aliphatic rings. The third kappa shape index (κ3) is 26.9. The number of nitrogens with one attached hydrogen (secondary N) is 2. The van der Waals surface area contributed by atoms with Crippen molar-refractivity contribution in [3.63, 3.8) is 0 Å². The lowest BCUT2D eigenvalue weighted by atomic mass is 10.4. The number of ether oxygens (including phenoxy) is 6. The van der Waals surface area contributed by atoms with Crippen LogP contribution >= 0.6 is 0 Å². The summed E-state index contributed by atoms with van der Waals surface area (Å²) < 4.78 is 29.0. The van der Waals surface area contributed by atoms with Gasteiger partial charge in [0.05, 0.1) is 39.0 Å². The van der Waals surface area contributed by atoms with Crippen molar-refractivity contribution in [2.75, 3.05) is 66.4 Å². The summed E-state index contributed by atoms with van der Waals surface area (Å²) in [5.41, 5.74) is 0. The fourth-order valence-corrected chi connectivity index (χ4v) is 1.84. The summed E-state index contributed by atoms with van der Waals surface area (Å²) >= 11 is 0. The molecule has 0 fully saturated rings. The first-order valence-corrected chi connectivity index (χ1v) is 10.8. The maximum Gasteiger partial charge on any atom is 0.315 e. The average Bonchev–Trinajstić information content (AvgIpc) is 2.80. The largest absolute Gasteiger partial charge is 0.502 e. The molecule has 0 spiro atoms. The van der Waals surface area contributed by atoms with Crippen molar-refractivity contribution in [3.8, 4) is 0 Å². The highest BCUT2D eigenvalue weighted by molar-refractivity contribution is 5.95. The summed E-state index contributed by atoms with van der Waals surface area (Å²) in [7, 11) is 1.46. The van der Waals surface area contributed by atoms with E-state index < -0.39 is 36.6 Å². The first-order chi connectivity index (χ1) is 16.4. The van der Waals surface area contributed by atoms with Crippen molar-refractivity contribution in [2.45, 2.75) is 26.2 Å². The van der Waals surface area contributed by atoms with E-state index in [-0.39, 0.29) is 39.5 Å². The number of amides is 2. The van der Waals surface area contributed by atoms with Gasteiger partial charge in [-0.1, -0.05) is 20.1 Å². The van der Waals surface area contributed by atoms with Gasteiger partial charge in [-0.25, -0.2) is 0 Å². The topological polar surface area (TPSA) is 148 Å². The second kappa shape index (κ2) is 26.1. The summed E-state index contributed by atoms with van der Waals surface area (Å²) in [4.78, 5) is 45.8. The Morgan fingerprint density at radius 2 is 1.18 bits per heavy atom. The molecule has 0 aliphatic heterocycles. The van der Waals surface area contributed by atoms with Gasteiger partial charge in [-0.3, -0.25) is 19.2 Å². The van der Waals surface area contributed by atoms with Crippen LogP contribution in [0.4, 0.5) is 0 Å². The van der Waals surface area contributed by atoms with Crippen LogP contribution in [0.5, 0.6) is 0 Å². The Kier molecular flexibility index (Phi) is 25.4. The van der Waals surface area contributed by atoms with Gasteiger partial charge in [0.25, 0.3) is 0 Å². The minimum Gasteiger partial charge on any atom is -0.502 e. The molecular formula is C22H38N2O10. The smallest absolute Gasteiger partial charge is 0.315 e. The molecule has 0 aromatic heterocycles. The van der Waals surface area contributed by atoms with E-state index in [0.717, 1.165) is 13.0 Å². The predicted molar refractivity (Wildman–Crippen MR) is 122 cm³/mol. The van der Waals surface area contributed by atoms with Crippen LogP contribution in [-0.4, -0.2) is 90.2 Å². The van der Waals surface area contributed by atoms with Gasteiger partial charge in [-0.15, -0.1) is 0 Å². The fourth-order valence-electron chi connectivity index (χ4n) is 1.84. The van der Waals surface area contributed by atoms with Crippen molar-refractivity contribution in [1.29, 1.82) is 0 Å². The van der Waals surface area contributed by atoms with Gasteiger partial charge >= 0.3 is 11.9 Å². The van der Waals surface area contributed by atoms with Crippen LogP contribution in [0, 0.1) is 0 Å². The lowest BCUT2D eigenvalue weighted by Crippen LogP contribution is -2.36. The second-order valence-corrected chi connectivity index (χ2v) is 6.17. The number of methoxy groups -OCH3 is 1. The van der Waals surface area contributed by atoms with Crippen LogP contribution < -0.4 is 10.6 Å². The van der Waals surface area contributed by atoms with Crippen molar-refractivity contribution in [1.82, 2.24) is 10.6 Å². The molecule has 196 valence electrons. The molecule has 34 heavy (non-hydrogen) atoms. The zero-order chi connectivity index (χ0) is 25.9. The van der Waals surface area contributed by atoms with Crippen molar-refractivity contribution < 1.29 is 47.6 Å². The van der Waals surface area contributed by atoms with Crippen molar-refractivity contribution >= 4 is 23.8 Å². The third-order valence-corrected chi connectivity index (χ3v) is 3.32. The molecule has 0 radical (unpaired) electrons. The Labute approximate surface area is 200 Å². The first kappa shape index (κ1) is 33.1. The molecule has 0 unspecified atom stereocenters. The Bertz CT molecular complexity index is 584. The first-order valence-electron chi connectivity index (χ1n) is 10.8. The van der Waals surface area contributed by atoms with E-state index in [0.29, 0.717) is 13.2 Å². The molecule has 2 N–H and O–H groups in total. The highest BCUT2D eigenvalue weighted by atomic mass is 16.6. The summed E-state index contributed by atoms with van der Waals surface area (Å²) in [5, 5.41) is 4.89. The van der Waals surface area contributed by atoms with Crippen LogP contribution in [0.3, 0.4) is 0 Å². The number of hydrogen-bond donors (Lipinski definition) is 2. The number of rotatable bonds is 20. The standard InChI is InChI=1S/C17H28N2O9.C5H10O/c1-3-25-7-8-26-9-11-28-17(23)13-15(21)19-5-4-18-14(20)12-16(22)27-10-6-24-2;1-3-5-6-4-2/h3H,1,4-13H2,2H3,(H,18,20)(H,19,21);4H,2-3,5H2,1H3. The van der Waals surface area contributed by atoms with E-state index in [2.05, 4.69) is 30.7 Å². The monoisotopic (exact) mass is 490 g/mol. The molecule has 2 amide bonds. The van der Waals surface area contributed by atoms with Gasteiger partial charge in [-0.05, 0) is 6.42 Å². The zero-order valence-electron chi connectivity index (χ0n) is 20.1. The molecule has 12 nitrogen and oxygen atoms in total. The fraction of sp³-hybridized carbons (Fsp3) is 0.636. The number of esters is 2. The Hall–Kier alpha value is -3.12. The van der Waals surface area contributed by atoms with Crippen LogP contribution in [0.25, 0.3) is 0 Å². The van der Waals surface area contributed by atoms with Gasteiger partial charge < -0.3 is 39.1 Å². The zero-order valence-corrected chi connectivity index (χ0v) is 20.1.